The number of nitrogen functional groups attached to an aromatic ring is 1. The zero-order chi connectivity index (χ0) is 22.5. The Morgan fingerprint density at radius 3 is 2.62 bits per heavy atom. The zero-order valence-electron chi connectivity index (χ0n) is 17.9. The average molecular weight is 432 g/mol. The van der Waals surface area contributed by atoms with Crippen molar-refractivity contribution in [3.8, 4) is 28.5 Å². The first-order valence-electron chi connectivity index (χ1n) is 10.1. The monoisotopic (exact) mass is 432 g/mol. The second kappa shape index (κ2) is 9.30. The van der Waals surface area contributed by atoms with Gasteiger partial charge in [-0.15, -0.1) is 0 Å². The Hall–Kier alpha value is -4.20. The highest BCUT2D eigenvalue weighted by Crippen LogP contribution is 2.29. The van der Waals surface area contributed by atoms with E-state index in [1.165, 1.54) is 0 Å². The third-order valence-corrected chi connectivity index (χ3v) is 4.78. The van der Waals surface area contributed by atoms with Crippen LogP contribution in [0.15, 0.2) is 67.0 Å². The number of pyridine rings is 1. The lowest BCUT2D eigenvalue weighted by molar-refractivity contribution is -0.118. The largest absolute Gasteiger partial charge is 0.495 e. The van der Waals surface area contributed by atoms with Crippen LogP contribution >= 0.6 is 0 Å². The summed E-state index contributed by atoms with van der Waals surface area (Å²) < 4.78 is 18.2. The second-order valence-electron chi connectivity index (χ2n) is 6.98. The van der Waals surface area contributed by atoms with E-state index in [2.05, 4.69) is 10.3 Å². The van der Waals surface area contributed by atoms with Gasteiger partial charge in [0.05, 0.1) is 25.1 Å². The molecular weight excluding hydrogens is 408 g/mol. The van der Waals surface area contributed by atoms with Crippen molar-refractivity contribution in [1.82, 2.24) is 9.38 Å². The van der Waals surface area contributed by atoms with Gasteiger partial charge in [-0.25, -0.2) is 4.98 Å². The van der Waals surface area contributed by atoms with Crippen molar-refractivity contribution in [2.24, 2.45) is 0 Å². The molecule has 0 saturated carbocycles. The van der Waals surface area contributed by atoms with E-state index >= 15 is 0 Å². The normalized spacial score (nSPS) is 10.7. The molecule has 8 heteroatoms. The molecule has 2 aromatic heterocycles. The van der Waals surface area contributed by atoms with E-state index < -0.39 is 0 Å². The maximum atomic E-state index is 12.3. The van der Waals surface area contributed by atoms with E-state index in [0.717, 1.165) is 17.0 Å². The molecule has 0 bridgehead atoms. The molecule has 4 aromatic rings. The summed E-state index contributed by atoms with van der Waals surface area (Å²) in [7, 11) is 1.58. The topological polar surface area (TPSA) is 100 Å². The van der Waals surface area contributed by atoms with Crippen molar-refractivity contribution in [3.05, 3.63) is 67.0 Å². The Morgan fingerprint density at radius 1 is 1.09 bits per heavy atom. The lowest BCUT2D eigenvalue weighted by Gasteiger charge is -2.09. The molecule has 0 aliphatic carbocycles. The molecule has 0 aliphatic heterocycles. The van der Waals surface area contributed by atoms with Crippen molar-refractivity contribution in [2.45, 2.75) is 6.92 Å². The number of aromatic nitrogens is 2. The molecule has 0 atom stereocenters. The molecule has 0 aliphatic rings. The zero-order valence-corrected chi connectivity index (χ0v) is 17.9. The number of hydrogen-bond acceptors (Lipinski definition) is 6. The number of methoxy groups -OCH3 is 1. The first-order valence-corrected chi connectivity index (χ1v) is 10.1. The quantitative estimate of drug-likeness (QED) is 0.408. The lowest BCUT2D eigenvalue weighted by atomic mass is 10.1. The summed E-state index contributed by atoms with van der Waals surface area (Å²) in [6, 6.07) is 16.3. The van der Waals surface area contributed by atoms with E-state index in [9.17, 15) is 4.79 Å². The Balaban J connectivity index is 1.46. The number of ether oxygens (including phenoxy) is 3. The number of fused-ring (bicyclic) bond motifs is 1. The highest BCUT2D eigenvalue weighted by Gasteiger charge is 2.12. The smallest absolute Gasteiger partial charge is 0.262 e. The minimum absolute atomic E-state index is 0.148. The summed E-state index contributed by atoms with van der Waals surface area (Å²) in [6.45, 7) is 2.36. The Bertz CT molecular complexity index is 1230. The van der Waals surface area contributed by atoms with Crippen LogP contribution in [0.2, 0.25) is 0 Å². The number of rotatable bonds is 8. The summed E-state index contributed by atoms with van der Waals surface area (Å²) in [4.78, 5) is 17.0. The van der Waals surface area contributed by atoms with Crippen molar-refractivity contribution in [3.63, 3.8) is 0 Å². The van der Waals surface area contributed by atoms with Gasteiger partial charge in [0.1, 0.15) is 11.5 Å². The third kappa shape index (κ3) is 4.59. The summed E-state index contributed by atoms with van der Waals surface area (Å²) >= 11 is 0. The van der Waals surface area contributed by atoms with E-state index in [1.807, 2.05) is 41.9 Å². The molecule has 0 radical (unpaired) electrons. The third-order valence-electron chi connectivity index (χ3n) is 4.78. The summed E-state index contributed by atoms with van der Waals surface area (Å²) in [5, 5.41) is 2.81. The van der Waals surface area contributed by atoms with Gasteiger partial charge in [-0.2, -0.15) is 0 Å². The Kier molecular flexibility index (Phi) is 6.12. The van der Waals surface area contributed by atoms with E-state index in [-0.39, 0.29) is 12.5 Å². The van der Waals surface area contributed by atoms with Gasteiger partial charge in [0.25, 0.3) is 5.91 Å². The molecule has 4 rings (SSSR count). The number of carbonyl (C=O) groups excluding carboxylic acids is 1. The first kappa shape index (κ1) is 21.0. The standard InChI is InChI=1S/C24H24N4O4/c1-3-31-18-9-7-17(8-10-18)26-23(29)15-32-22-5-4-12-28-14-20(27-24(22)28)16-6-11-21(30-2)19(25)13-16/h4-14H,3,15,25H2,1-2H3,(H,26,29). The fourth-order valence-electron chi connectivity index (χ4n) is 3.27. The van der Waals surface area contributed by atoms with E-state index in [4.69, 9.17) is 19.9 Å². The predicted molar refractivity (Wildman–Crippen MR) is 123 cm³/mol. The molecular formula is C24H24N4O4. The van der Waals surface area contributed by atoms with Crippen molar-refractivity contribution < 1.29 is 19.0 Å². The number of nitrogens with zero attached hydrogens (tertiary/aromatic N) is 2. The van der Waals surface area contributed by atoms with Gasteiger partial charge < -0.3 is 29.7 Å². The number of nitrogens with two attached hydrogens (primary N) is 1. The van der Waals surface area contributed by atoms with Gasteiger partial charge in [0, 0.05) is 23.6 Å². The van der Waals surface area contributed by atoms with Gasteiger partial charge >= 0.3 is 0 Å². The van der Waals surface area contributed by atoms with Crippen LogP contribution in [-0.4, -0.2) is 35.6 Å². The van der Waals surface area contributed by atoms with Gasteiger partial charge in [-0.1, -0.05) is 0 Å². The molecule has 0 unspecified atom stereocenters. The van der Waals surface area contributed by atoms with Crippen molar-refractivity contribution in [1.29, 1.82) is 0 Å². The SMILES string of the molecule is CCOc1ccc(NC(=O)COc2cccn3cc(-c4ccc(OC)c(N)c4)nc23)cc1. The van der Waals surface area contributed by atoms with Crippen molar-refractivity contribution >= 4 is 22.9 Å². The van der Waals surface area contributed by atoms with E-state index in [0.29, 0.717) is 35.1 Å². The van der Waals surface area contributed by atoms with Crippen LogP contribution < -0.4 is 25.3 Å². The van der Waals surface area contributed by atoms with Gasteiger partial charge in [-0.3, -0.25) is 4.79 Å². The number of anilines is 2. The van der Waals surface area contributed by atoms with Gasteiger partial charge in [0.15, 0.2) is 18.0 Å². The average Bonchev–Trinajstić information content (AvgIpc) is 3.24. The van der Waals surface area contributed by atoms with Gasteiger partial charge in [-0.05, 0) is 61.5 Å². The molecule has 2 heterocycles. The molecule has 0 fully saturated rings. The van der Waals surface area contributed by atoms with Crippen LogP contribution in [0, 0.1) is 0 Å². The molecule has 3 N–H and O–H groups in total. The molecule has 8 nitrogen and oxygen atoms in total. The minimum Gasteiger partial charge on any atom is -0.495 e. The Morgan fingerprint density at radius 2 is 1.91 bits per heavy atom. The maximum Gasteiger partial charge on any atom is 0.262 e. The molecule has 164 valence electrons. The van der Waals surface area contributed by atoms with Crippen LogP contribution in [0.25, 0.3) is 16.9 Å². The number of imidazole rings is 1. The summed E-state index contributed by atoms with van der Waals surface area (Å²) in [5.74, 6) is 1.59. The fraction of sp³-hybridized carbons (Fsp3) is 0.167. The number of carbonyl (C=O) groups is 1. The lowest BCUT2D eigenvalue weighted by Crippen LogP contribution is -2.20. The maximum absolute atomic E-state index is 12.3. The van der Waals surface area contributed by atoms with Crippen molar-refractivity contribution in [2.75, 3.05) is 31.4 Å². The molecule has 32 heavy (non-hydrogen) atoms. The van der Waals surface area contributed by atoms with Gasteiger partial charge in [0.2, 0.25) is 0 Å². The molecule has 0 spiro atoms. The minimum atomic E-state index is -0.272. The summed E-state index contributed by atoms with van der Waals surface area (Å²) in [6.07, 6.45) is 3.75. The van der Waals surface area contributed by atoms with Crippen LogP contribution in [0.3, 0.4) is 0 Å². The highest BCUT2D eigenvalue weighted by molar-refractivity contribution is 5.92. The van der Waals surface area contributed by atoms with E-state index in [1.54, 1.807) is 43.5 Å². The Labute approximate surface area is 185 Å². The number of amides is 1. The number of benzene rings is 2. The number of hydrogen-bond donors (Lipinski definition) is 2. The van der Waals surface area contributed by atoms with Crippen LogP contribution in [0.4, 0.5) is 11.4 Å². The highest BCUT2D eigenvalue weighted by atomic mass is 16.5. The number of nitrogens with one attached hydrogen (secondary N) is 1. The molecule has 2 aromatic carbocycles. The first-order chi connectivity index (χ1) is 15.6. The second-order valence-corrected chi connectivity index (χ2v) is 6.98. The van der Waals surface area contributed by atoms with Crippen LogP contribution in [0.5, 0.6) is 17.2 Å². The molecule has 0 saturated heterocycles. The molecule has 1 amide bonds. The van der Waals surface area contributed by atoms with Crippen LogP contribution in [-0.2, 0) is 4.79 Å². The van der Waals surface area contributed by atoms with Crippen LogP contribution in [0.1, 0.15) is 6.92 Å². The summed E-state index contributed by atoms with van der Waals surface area (Å²) in [5.41, 5.74) is 9.41. The predicted octanol–water partition coefficient (Wildman–Crippen LogP) is 4.01. The fourth-order valence-corrected chi connectivity index (χ4v) is 3.27.